The van der Waals surface area contributed by atoms with Gasteiger partial charge in [0.2, 0.25) is 0 Å². The van der Waals surface area contributed by atoms with Crippen LogP contribution in [0.2, 0.25) is 0 Å². The summed E-state index contributed by atoms with van der Waals surface area (Å²) >= 11 is 2.85. The summed E-state index contributed by atoms with van der Waals surface area (Å²) in [7, 11) is 0.955. The van der Waals surface area contributed by atoms with Gasteiger partial charge in [0.1, 0.15) is 0 Å². The standard InChI is InChI=1S/C8H11BrF3NO2/c1-7(2,5(14)4-9)13(3)6(15)8(10,11)12/h4H2,1-3H3. The zero-order valence-electron chi connectivity index (χ0n) is 8.48. The molecule has 0 aliphatic heterocycles. The summed E-state index contributed by atoms with van der Waals surface area (Å²) < 4.78 is 36.2. The molecule has 0 saturated heterocycles. The second-order valence-electron chi connectivity index (χ2n) is 3.48. The van der Waals surface area contributed by atoms with Gasteiger partial charge in [-0.25, -0.2) is 0 Å². The van der Waals surface area contributed by atoms with Crippen molar-refractivity contribution in [3.63, 3.8) is 0 Å². The molecule has 0 saturated carbocycles. The number of hydrogen-bond donors (Lipinski definition) is 0. The van der Waals surface area contributed by atoms with E-state index in [0.717, 1.165) is 7.05 Å². The van der Waals surface area contributed by atoms with Gasteiger partial charge in [-0.05, 0) is 13.8 Å². The molecule has 0 aromatic carbocycles. The number of alkyl halides is 4. The molecular formula is C8H11BrF3NO2. The van der Waals surface area contributed by atoms with Crippen LogP contribution in [0.3, 0.4) is 0 Å². The van der Waals surface area contributed by atoms with E-state index < -0.39 is 23.4 Å². The van der Waals surface area contributed by atoms with E-state index in [1.165, 1.54) is 13.8 Å². The predicted octanol–water partition coefficient (Wildman–Crippen LogP) is 1.75. The Kier molecular flexibility index (Phi) is 4.33. The zero-order valence-corrected chi connectivity index (χ0v) is 10.1. The number of hydrogen-bond acceptors (Lipinski definition) is 2. The fourth-order valence-corrected chi connectivity index (χ4v) is 1.48. The molecule has 1 amide bonds. The molecule has 0 aromatic rings. The molecule has 0 unspecified atom stereocenters. The smallest absolute Gasteiger partial charge is 0.326 e. The summed E-state index contributed by atoms with van der Waals surface area (Å²) in [5.41, 5.74) is -1.48. The highest BCUT2D eigenvalue weighted by molar-refractivity contribution is 9.09. The molecule has 3 nitrogen and oxygen atoms in total. The summed E-state index contributed by atoms with van der Waals surface area (Å²) in [5.74, 6) is -2.52. The van der Waals surface area contributed by atoms with E-state index in [0.29, 0.717) is 4.90 Å². The van der Waals surface area contributed by atoms with Crippen molar-refractivity contribution in [1.29, 1.82) is 0 Å². The van der Waals surface area contributed by atoms with E-state index in [-0.39, 0.29) is 5.33 Å². The Morgan fingerprint density at radius 2 is 1.67 bits per heavy atom. The molecule has 0 aliphatic carbocycles. The number of halogens is 4. The van der Waals surface area contributed by atoms with Gasteiger partial charge in [-0.2, -0.15) is 13.2 Å². The van der Waals surface area contributed by atoms with Gasteiger partial charge in [0.15, 0.2) is 5.78 Å². The molecule has 0 bridgehead atoms. The number of amides is 1. The van der Waals surface area contributed by atoms with E-state index >= 15 is 0 Å². The Morgan fingerprint density at radius 1 is 1.27 bits per heavy atom. The van der Waals surface area contributed by atoms with Crippen molar-refractivity contribution in [2.24, 2.45) is 0 Å². The molecule has 15 heavy (non-hydrogen) atoms. The van der Waals surface area contributed by atoms with Crippen LogP contribution in [0.5, 0.6) is 0 Å². The quantitative estimate of drug-likeness (QED) is 0.743. The number of carbonyl (C=O) groups excluding carboxylic acids is 2. The van der Waals surface area contributed by atoms with Gasteiger partial charge in [0.25, 0.3) is 0 Å². The topological polar surface area (TPSA) is 37.4 Å². The predicted molar refractivity (Wildman–Crippen MR) is 51.7 cm³/mol. The van der Waals surface area contributed by atoms with Crippen LogP contribution in [-0.2, 0) is 9.59 Å². The fourth-order valence-electron chi connectivity index (χ4n) is 0.795. The normalized spacial score (nSPS) is 12.5. The maximum atomic E-state index is 12.1. The van der Waals surface area contributed by atoms with E-state index in [9.17, 15) is 22.8 Å². The van der Waals surface area contributed by atoms with Gasteiger partial charge in [-0.3, -0.25) is 9.59 Å². The average molecular weight is 290 g/mol. The molecule has 0 aliphatic rings. The van der Waals surface area contributed by atoms with Gasteiger partial charge < -0.3 is 4.90 Å². The second kappa shape index (κ2) is 4.51. The highest BCUT2D eigenvalue weighted by Crippen LogP contribution is 2.24. The highest BCUT2D eigenvalue weighted by Gasteiger charge is 2.47. The molecule has 0 aromatic heterocycles. The van der Waals surface area contributed by atoms with E-state index in [1.54, 1.807) is 0 Å². The molecular weight excluding hydrogens is 279 g/mol. The lowest BCUT2D eigenvalue weighted by Crippen LogP contribution is -2.55. The lowest BCUT2D eigenvalue weighted by Gasteiger charge is -2.34. The molecule has 0 atom stereocenters. The van der Waals surface area contributed by atoms with Crippen molar-refractivity contribution < 1.29 is 22.8 Å². The Balaban J connectivity index is 4.93. The third kappa shape index (κ3) is 3.19. The molecule has 0 radical (unpaired) electrons. The molecule has 0 N–H and O–H groups in total. The van der Waals surface area contributed by atoms with Gasteiger partial charge >= 0.3 is 12.1 Å². The minimum Gasteiger partial charge on any atom is -0.326 e. The number of likely N-dealkylation sites (N-methyl/N-ethyl adjacent to an activating group) is 1. The summed E-state index contributed by atoms with van der Waals surface area (Å²) in [4.78, 5) is 22.6. The largest absolute Gasteiger partial charge is 0.471 e. The van der Waals surface area contributed by atoms with Crippen LogP contribution in [0.1, 0.15) is 13.8 Å². The van der Waals surface area contributed by atoms with E-state index in [4.69, 9.17) is 0 Å². The first-order chi connectivity index (χ1) is 6.55. The number of nitrogens with zero attached hydrogens (tertiary/aromatic N) is 1. The van der Waals surface area contributed by atoms with Crippen molar-refractivity contribution in [3.05, 3.63) is 0 Å². The van der Waals surface area contributed by atoms with Crippen LogP contribution in [0.25, 0.3) is 0 Å². The first kappa shape index (κ1) is 14.4. The van der Waals surface area contributed by atoms with Gasteiger partial charge in [0, 0.05) is 7.05 Å². The van der Waals surface area contributed by atoms with Crippen LogP contribution in [0, 0.1) is 0 Å². The third-order valence-electron chi connectivity index (χ3n) is 2.19. The fraction of sp³-hybridized carbons (Fsp3) is 0.750. The van der Waals surface area contributed by atoms with Crippen molar-refractivity contribution in [1.82, 2.24) is 4.90 Å². The van der Waals surface area contributed by atoms with Crippen molar-refractivity contribution in [2.75, 3.05) is 12.4 Å². The summed E-state index contributed by atoms with van der Waals surface area (Å²) in [5, 5.41) is -0.102. The van der Waals surface area contributed by atoms with E-state index in [2.05, 4.69) is 15.9 Å². The molecule has 7 heteroatoms. The van der Waals surface area contributed by atoms with Crippen LogP contribution in [0.15, 0.2) is 0 Å². The maximum absolute atomic E-state index is 12.1. The minimum atomic E-state index is -4.96. The van der Waals surface area contributed by atoms with Crippen LogP contribution >= 0.6 is 15.9 Å². The zero-order chi connectivity index (χ0) is 12.4. The average Bonchev–Trinajstić information content (AvgIpc) is 2.12. The number of ketones is 1. The van der Waals surface area contributed by atoms with Crippen molar-refractivity contribution in [2.45, 2.75) is 25.6 Å². The molecule has 0 fully saturated rings. The second-order valence-corrected chi connectivity index (χ2v) is 4.04. The van der Waals surface area contributed by atoms with E-state index in [1.807, 2.05) is 0 Å². The molecule has 88 valence electrons. The van der Waals surface area contributed by atoms with Crippen LogP contribution in [-0.4, -0.2) is 40.7 Å². The van der Waals surface area contributed by atoms with Crippen LogP contribution < -0.4 is 0 Å². The number of rotatable bonds is 3. The maximum Gasteiger partial charge on any atom is 0.471 e. The van der Waals surface area contributed by atoms with Gasteiger partial charge in [-0.15, -0.1) is 0 Å². The number of Topliss-reactive ketones (excluding diaryl/α,β-unsaturated/α-hetero) is 1. The van der Waals surface area contributed by atoms with Crippen molar-refractivity contribution >= 4 is 27.6 Å². The summed E-state index contributed by atoms with van der Waals surface area (Å²) in [6.45, 7) is 2.53. The van der Waals surface area contributed by atoms with Gasteiger partial charge in [-0.1, -0.05) is 15.9 Å². The van der Waals surface area contributed by atoms with Crippen molar-refractivity contribution in [3.8, 4) is 0 Å². The molecule has 0 spiro atoms. The van der Waals surface area contributed by atoms with Gasteiger partial charge in [0.05, 0.1) is 10.9 Å². The number of carbonyl (C=O) groups is 2. The first-order valence-corrected chi connectivity index (χ1v) is 5.11. The Morgan fingerprint density at radius 3 is 1.93 bits per heavy atom. The first-order valence-electron chi connectivity index (χ1n) is 3.99. The van der Waals surface area contributed by atoms with Crippen LogP contribution in [0.4, 0.5) is 13.2 Å². The third-order valence-corrected chi connectivity index (χ3v) is 2.70. The monoisotopic (exact) mass is 289 g/mol. The molecule has 0 heterocycles. The lowest BCUT2D eigenvalue weighted by atomic mass is 9.98. The summed E-state index contributed by atoms with van der Waals surface area (Å²) in [6.07, 6.45) is -4.96. The minimum absolute atomic E-state index is 0.102. The Labute approximate surface area is 93.7 Å². The SMILES string of the molecule is CN(C(=O)C(F)(F)F)C(C)(C)C(=O)CBr. The highest BCUT2D eigenvalue weighted by atomic mass is 79.9. The lowest BCUT2D eigenvalue weighted by molar-refractivity contribution is -0.189. The molecule has 0 rings (SSSR count). The Hall–Kier alpha value is -0.590. The Bertz CT molecular complexity index is 276. The summed E-state index contributed by atoms with van der Waals surface area (Å²) in [6, 6.07) is 0.